The molecule has 3 rings (SSSR count). The molecule has 1 aromatic heterocycles. The molecule has 0 aliphatic carbocycles. The van der Waals surface area contributed by atoms with Crippen molar-refractivity contribution in [3.8, 4) is 0 Å². The van der Waals surface area contributed by atoms with Gasteiger partial charge in [0.05, 0.1) is 0 Å². The molecule has 0 aliphatic heterocycles. The van der Waals surface area contributed by atoms with E-state index in [1.54, 1.807) is 0 Å². The molecule has 5 nitrogen and oxygen atoms in total. The molecule has 3 aromatic rings. The zero-order valence-electron chi connectivity index (χ0n) is 14.2. The van der Waals surface area contributed by atoms with E-state index in [1.165, 1.54) is 22.5 Å². The highest BCUT2D eigenvalue weighted by molar-refractivity contribution is 7.15. The molecule has 0 atom stereocenters. The minimum Gasteiger partial charge on any atom is -0.308 e. The lowest BCUT2D eigenvalue weighted by molar-refractivity contribution is 0.262. The van der Waals surface area contributed by atoms with Crippen molar-refractivity contribution in [3.63, 3.8) is 0 Å². The van der Waals surface area contributed by atoms with Crippen LogP contribution in [0.2, 0.25) is 0 Å². The number of urea groups is 1. The monoisotopic (exact) mass is 352 g/mol. The number of nitrogens with zero attached hydrogens (tertiary/aromatic N) is 2. The Morgan fingerprint density at radius 3 is 2.52 bits per heavy atom. The van der Waals surface area contributed by atoms with Crippen LogP contribution in [-0.4, -0.2) is 16.2 Å². The topological polar surface area (TPSA) is 66.9 Å². The SMILES string of the molecule is Cc1ccc(NC(=O)Nc2nnc(CCc3ccccc3)s2)cc1C. The normalized spacial score (nSPS) is 10.5. The lowest BCUT2D eigenvalue weighted by Gasteiger charge is -2.07. The summed E-state index contributed by atoms with van der Waals surface area (Å²) in [4.78, 5) is 12.1. The summed E-state index contributed by atoms with van der Waals surface area (Å²) < 4.78 is 0. The summed E-state index contributed by atoms with van der Waals surface area (Å²) in [6.45, 7) is 4.06. The second kappa shape index (κ2) is 7.90. The molecule has 2 N–H and O–H groups in total. The largest absolute Gasteiger partial charge is 0.325 e. The van der Waals surface area contributed by atoms with Crippen molar-refractivity contribution in [2.75, 3.05) is 10.6 Å². The van der Waals surface area contributed by atoms with Gasteiger partial charge in [-0.1, -0.05) is 47.7 Å². The molecule has 0 saturated carbocycles. The fourth-order valence-electron chi connectivity index (χ4n) is 2.38. The molecule has 128 valence electrons. The number of carbonyl (C=O) groups excluding carboxylic acids is 1. The van der Waals surface area contributed by atoms with Gasteiger partial charge in [-0.15, -0.1) is 10.2 Å². The number of nitrogens with one attached hydrogen (secondary N) is 2. The van der Waals surface area contributed by atoms with Gasteiger partial charge in [0, 0.05) is 12.1 Å². The number of carbonyl (C=O) groups is 1. The van der Waals surface area contributed by atoms with Crippen molar-refractivity contribution in [2.45, 2.75) is 26.7 Å². The summed E-state index contributed by atoms with van der Waals surface area (Å²) in [7, 11) is 0. The lowest BCUT2D eigenvalue weighted by atomic mass is 10.1. The van der Waals surface area contributed by atoms with Crippen LogP contribution in [0.1, 0.15) is 21.7 Å². The Morgan fingerprint density at radius 1 is 0.960 bits per heavy atom. The van der Waals surface area contributed by atoms with Gasteiger partial charge in [0.2, 0.25) is 5.13 Å². The third-order valence-electron chi connectivity index (χ3n) is 3.92. The molecule has 0 saturated heterocycles. The van der Waals surface area contributed by atoms with Crippen LogP contribution in [-0.2, 0) is 12.8 Å². The average Bonchev–Trinajstić information content (AvgIpc) is 3.04. The molecule has 0 unspecified atom stereocenters. The quantitative estimate of drug-likeness (QED) is 0.706. The Kier molecular flexibility index (Phi) is 5.40. The number of aromatic nitrogens is 2. The highest BCUT2D eigenvalue weighted by Gasteiger charge is 2.09. The highest BCUT2D eigenvalue weighted by atomic mass is 32.1. The number of benzene rings is 2. The summed E-state index contributed by atoms with van der Waals surface area (Å²) in [6.07, 6.45) is 1.71. The van der Waals surface area contributed by atoms with E-state index in [-0.39, 0.29) is 6.03 Å². The maximum absolute atomic E-state index is 12.1. The maximum Gasteiger partial charge on any atom is 0.325 e. The first-order valence-corrected chi connectivity index (χ1v) is 8.93. The molecule has 0 radical (unpaired) electrons. The van der Waals surface area contributed by atoms with Crippen LogP contribution < -0.4 is 10.6 Å². The molecule has 1 heterocycles. The van der Waals surface area contributed by atoms with E-state index in [0.29, 0.717) is 5.13 Å². The summed E-state index contributed by atoms with van der Waals surface area (Å²) in [5.41, 5.74) is 4.35. The zero-order chi connectivity index (χ0) is 17.6. The van der Waals surface area contributed by atoms with Crippen molar-refractivity contribution in [1.82, 2.24) is 10.2 Å². The van der Waals surface area contributed by atoms with E-state index in [2.05, 4.69) is 33.0 Å². The molecular weight excluding hydrogens is 332 g/mol. The fraction of sp³-hybridized carbons (Fsp3) is 0.211. The highest BCUT2D eigenvalue weighted by Crippen LogP contribution is 2.18. The molecule has 25 heavy (non-hydrogen) atoms. The van der Waals surface area contributed by atoms with E-state index in [0.717, 1.165) is 29.1 Å². The number of rotatable bonds is 5. The molecular formula is C19H20N4OS. The predicted molar refractivity (Wildman–Crippen MR) is 102 cm³/mol. The van der Waals surface area contributed by atoms with Gasteiger partial charge in [0.15, 0.2) is 0 Å². The zero-order valence-corrected chi connectivity index (χ0v) is 15.1. The first-order valence-electron chi connectivity index (χ1n) is 8.12. The third kappa shape index (κ3) is 4.87. The van der Waals surface area contributed by atoms with E-state index in [4.69, 9.17) is 0 Å². The summed E-state index contributed by atoms with van der Waals surface area (Å²) >= 11 is 1.40. The van der Waals surface area contributed by atoms with Gasteiger partial charge >= 0.3 is 6.03 Å². The number of aryl methyl sites for hydroxylation is 4. The minimum absolute atomic E-state index is 0.311. The van der Waals surface area contributed by atoms with Crippen LogP contribution in [0.5, 0.6) is 0 Å². The van der Waals surface area contributed by atoms with Crippen molar-refractivity contribution in [3.05, 3.63) is 70.2 Å². The summed E-state index contributed by atoms with van der Waals surface area (Å²) in [6, 6.07) is 15.7. The second-order valence-corrected chi connectivity index (χ2v) is 6.93. The van der Waals surface area contributed by atoms with E-state index in [9.17, 15) is 4.79 Å². The van der Waals surface area contributed by atoms with Gasteiger partial charge in [0.25, 0.3) is 0 Å². The summed E-state index contributed by atoms with van der Waals surface area (Å²) in [5.74, 6) is 0. The van der Waals surface area contributed by atoms with Crippen LogP contribution in [0.3, 0.4) is 0 Å². The van der Waals surface area contributed by atoms with Gasteiger partial charge in [0.1, 0.15) is 5.01 Å². The fourth-order valence-corrected chi connectivity index (χ4v) is 3.11. The number of anilines is 2. The molecule has 0 aliphatic rings. The van der Waals surface area contributed by atoms with Crippen molar-refractivity contribution in [1.29, 1.82) is 0 Å². The first-order chi connectivity index (χ1) is 12.1. The molecule has 2 aromatic carbocycles. The van der Waals surface area contributed by atoms with Gasteiger partial charge in [-0.2, -0.15) is 0 Å². The van der Waals surface area contributed by atoms with Crippen LogP contribution in [0.4, 0.5) is 15.6 Å². The Hall–Kier alpha value is -2.73. The van der Waals surface area contributed by atoms with Crippen LogP contribution in [0.15, 0.2) is 48.5 Å². The molecule has 6 heteroatoms. The lowest BCUT2D eigenvalue weighted by Crippen LogP contribution is -2.19. The van der Waals surface area contributed by atoms with Crippen LogP contribution >= 0.6 is 11.3 Å². The third-order valence-corrected chi connectivity index (χ3v) is 4.82. The van der Waals surface area contributed by atoms with E-state index in [1.807, 2.05) is 50.2 Å². The Morgan fingerprint density at radius 2 is 1.76 bits per heavy atom. The summed E-state index contributed by atoms with van der Waals surface area (Å²) in [5, 5.41) is 15.1. The number of hydrogen-bond donors (Lipinski definition) is 2. The Balaban J connectivity index is 1.53. The predicted octanol–water partition coefficient (Wildman–Crippen LogP) is 4.58. The standard InChI is InChI=1S/C19H20N4OS/c1-13-8-10-16(12-14(13)2)20-18(24)21-19-23-22-17(25-19)11-9-15-6-4-3-5-7-15/h3-8,10,12H,9,11H2,1-2H3,(H2,20,21,23,24). The molecule has 2 amide bonds. The minimum atomic E-state index is -0.311. The second-order valence-electron chi connectivity index (χ2n) is 5.86. The van der Waals surface area contributed by atoms with Gasteiger partial charge < -0.3 is 5.32 Å². The molecule has 0 spiro atoms. The smallest absolute Gasteiger partial charge is 0.308 e. The Bertz CT molecular complexity index is 861. The average molecular weight is 352 g/mol. The van der Waals surface area contributed by atoms with Crippen LogP contribution in [0, 0.1) is 13.8 Å². The molecule has 0 fully saturated rings. The first kappa shape index (κ1) is 17.1. The van der Waals surface area contributed by atoms with Gasteiger partial charge in [-0.25, -0.2) is 4.79 Å². The molecule has 0 bridgehead atoms. The van der Waals surface area contributed by atoms with E-state index >= 15 is 0 Å². The van der Waals surface area contributed by atoms with E-state index < -0.39 is 0 Å². The van der Waals surface area contributed by atoms with Gasteiger partial charge in [-0.05, 0) is 49.1 Å². The van der Waals surface area contributed by atoms with Crippen molar-refractivity contribution in [2.24, 2.45) is 0 Å². The maximum atomic E-state index is 12.1. The van der Waals surface area contributed by atoms with Crippen molar-refractivity contribution < 1.29 is 4.79 Å². The number of hydrogen-bond acceptors (Lipinski definition) is 4. The van der Waals surface area contributed by atoms with Gasteiger partial charge in [-0.3, -0.25) is 5.32 Å². The van der Waals surface area contributed by atoms with Crippen LogP contribution in [0.25, 0.3) is 0 Å². The Labute approximate surface area is 151 Å². The van der Waals surface area contributed by atoms with Crippen molar-refractivity contribution >= 4 is 28.2 Å². The number of amides is 2.